The minimum absolute atomic E-state index is 0.106. The lowest BCUT2D eigenvalue weighted by Crippen LogP contribution is -2.30. The average molecular weight is 1420 g/mol. The fraction of sp³-hybridized carbons (Fsp3) is 0.949. The van der Waals surface area contributed by atoms with E-state index in [1.807, 2.05) is 0 Å². The Balaban J connectivity index is 5.18. The van der Waals surface area contributed by atoms with E-state index in [-0.39, 0.29) is 25.7 Å². The van der Waals surface area contributed by atoms with E-state index >= 15 is 0 Å². The molecule has 0 fully saturated rings. The Morgan fingerprint density at radius 1 is 0.278 bits per heavy atom. The van der Waals surface area contributed by atoms with E-state index in [9.17, 15) is 43.2 Å². The standard InChI is InChI=1S/C78H152O17P2/c1-7-9-11-13-15-17-19-20-21-22-23-24-25-26-27-28-29-31-37-44-50-56-62-77(82)94-73(67-89-76(81)61-55-49-43-38-32-34-40-46-52-58-70(3)4)68-92-96(84,85)90-64-72(79)65-91-97(86,87)93-69-74(66-88-75(80)60-54-48-42-36-30-18-16-14-12-10-8-2)95-78(83)63-57-51-45-39-33-35-41-47-53-59-71(5)6/h70-74,79H,7-69H2,1-6H3,(H,84,85)(H,86,87)/t72-,73-,74-/m1/s1. The number of esters is 4. The number of aliphatic hydroxyl groups excluding tert-OH is 1. The third kappa shape index (κ3) is 72.2. The number of unbranched alkanes of at least 4 members (excludes halogenated alkanes) is 47. The smallest absolute Gasteiger partial charge is 0.462 e. The van der Waals surface area contributed by atoms with Crippen LogP contribution in [0, 0.1) is 11.8 Å². The highest BCUT2D eigenvalue weighted by atomic mass is 31.2. The van der Waals surface area contributed by atoms with Crippen molar-refractivity contribution >= 4 is 39.5 Å². The van der Waals surface area contributed by atoms with Crippen LogP contribution in [0.1, 0.15) is 408 Å². The third-order valence-electron chi connectivity index (χ3n) is 18.2. The summed E-state index contributed by atoms with van der Waals surface area (Å²) in [6.45, 7) is 9.56. The first kappa shape index (κ1) is 95.1. The van der Waals surface area contributed by atoms with Crippen molar-refractivity contribution in [3.8, 4) is 0 Å². The molecule has 0 aliphatic carbocycles. The van der Waals surface area contributed by atoms with E-state index in [2.05, 4.69) is 41.5 Å². The molecule has 0 aromatic heterocycles. The number of hydrogen-bond donors (Lipinski definition) is 3. The van der Waals surface area contributed by atoms with Gasteiger partial charge in [-0.2, -0.15) is 0 Å². The summed E-state index contributed by atoms with van der Waals surface area (Å²) >= 11 is 0. The van der Waals surface area contributed by atoms with Crippen LogP contribution in [-0.4, -0.2) is 96.7 Å². The molecule has 0 rings (SSSR count). The molecule has 0 saturated heterocycles. The molecule has 576 valence electrons. The number of carbonyl (C=O) groups is 4. The van der Waals surface area contributed by atoms with Gasteiger partial charge in [-0.1, -0.05) is 356 Å². The molecule has 5 atom stereocenters. The van der Waals surface area contributed by atoms with E-state index in [0.717, 1.165) is 102 Å². The monoisotopic (exact) mass is 1420 g/mol. The molecule has 3 N–H and O–H groups in total. The maximum absolute atomic E-state index is 13.1. The predicted octanol–water partition coefficient (Wildman–Crippen LogP) is 23.1. The zero-order valence-electron chi connectivity index (χ0n) is 63.4. The van der Waals surface area contributed by atoms with Crippen molar-refractivity contribution in [2.24, 2.45) is 11.8 Å². The van der Waals surface area contributed by atoms with Crippen LogP contribution in [0.25, 0.3) is 0 Å². The van der Waals surface area contributed by atoms with E-state index in [0.29, 0.717) is 25.7 Å². The molecule has 0 heterocycles. The highest BCUT2D eigenvalue weighted by molar-refractivity contribution is 7.47. The fourth-order valence-corrected chi connectivity index (χ4v) is 13.6. The van der Waals surface area contributed by atoms with Gasteiger partial charge in [0.05, 0.1) is 26.4 Å². The number of carbonyl (C=O) groups excluding carboxylic acids is 4. The van der Waals surface area contributed by atoms with Gasteiger partial charge in [0, 0.05) is 25.7 Å². The van der Waals surface area contributed by atoms with Gasteiger partial charge in [0.1, 0.15) is 19.3 Å². The van der Waals surface area contributed by atoms with Crippen LogP contribution in [0.2, 0.25) is 0 Å². The number of ether oxygens (including phenoxy) is 4. The van der Waals surface area contributed by atoms with Crippen molar-refractivity contribution < 1.29 is 80.2 Å². The van der Waals surface area contributed by atoms with Gasteiger partial charge in [-0.25, -0.2) is 9.13 Å². The number of phosphoric ester groups is 2. The summed E-state index contributed by atoms with van der Waals surface area (Å²) in [6, 6.07) is 0. The summed E-state index contributed by atoms with van der Waals surface area (Å²) in [7, 11) is -9.91. The van der Waals surface area contributed by atoms with Crippen molar-refractivity contribution in [1.29, 1.82) is 0 Å². The van der Waals surface area contributed by atoms with Crippen molar-refractivity contribution in [2.45, 2.75) is 426 Å². The Bertz CT molecular complexity index is 1870. The normalized spacial score (nSPS) is 14.0. The van der Waals surface area contributed by atoms with Gasteiger partial charge < -0.3 is 33.8 Å². The lowest BCUT2D eigenvalue weighted by atomic mass is 10.0. The van der Waals surface area contributed by atoms with Crippen molar-refractivity contribution in [3.63, 3.8) is 0 Å². The molecule has 97 heavy (non-hydrogen) atoms. The molecule has 0 aliphatic heterocycles. The summed E-state index contributed by atoms with van der Waals surface area (Å²) in [5.41, 5.74) is 0. The first-order valence-electron chi connectivity index (χ1n) is 40.5. The maximum atomic E-state index is 13.1. The quantitative estimate of drug-likeness (QED) is 0.0222. The van der Waals surface area contributed by atoms with Gasteiger partial charge in [-0.05, 0) is 37.5 Å². The van der Waals surface area contributed by atoms with E-state index in [1.165, 1.54) is 225 Å². The molecular formula is C78H152O17P2. The van der Waals surface area contributed by atoms with Crippen molar-refractivity contribution in [1.82, 2.24) is 0 Å². The molecule has 2 unspecified atom stereocenters. The minimum atomic E-state index is -4.96. The summed E-state index contributed by atoms with van der Waals surface area (Å²) < 4.78 is 68.6. The van der Waals surface area contributed by atoms with Gasteiger partial charge in [-0.3, -0.25) is 37.3 Å². The highest BCUT2D eigenvalue weighted by Crippen LogP contribution is 2.45. The van der Waals surface area contributed by atoms with Crippen molar-refractivity contribution in [3.05, 3.63) is 0 Å². The topological polar surface area (TPSA) is 237 Å². The van der Waals surface area contributed by atoms with Crippen LogP contribution in [0.4, 0.5) is 0 Å². The predicted molar refractivity (Wildman–Crippen MR) is 395 cm³/mol. The van der Waals surface area contributed by atoms with Gasteiger partial charge >= 0.3 is 39.5 Å². The Kier molecular flexibility index (Phi) is 68.4. The lowest BCUT2D eigenvalue weighted by Gasteiger charge is -2.21. The molecule has 0 aliphatic rings. The molecule has 17 nitrogen and oxygen atoms in total. The molecule has 19 heteroatoms. The van der Waals surface area contributed by atoms with Crippen LogP contribution in [-0.2, 0) is 65.4 Å². The second kappa shape index (κ2) is 69.8. The lowest BCUT2D eigenvalue weighted by molar-refractivity contribution is -0.161. The second-order valence-corrected chi connectivity index (χ2v) is 32.0. The highest BCUT2D eigenvalue weighted by Gasteiger charge is 2.30. The SMILES string of the molecule is CCCCCCCCCCCCCCCCCCCCCCCCC(=O)O[C@H](COC(=O)CCCCCCCCCCCC(C)C)COP(=O)(O)OC[C@@H](O)COP(=O)(O)OC[C@@H](COC(=O)CCCCCCCCCCCCC)OC(=O)CCCCCCCCCCCC(C)C. The average Bonchev–Trinajstić information content (AvgIpc) is 0.984. The van der Waals surface area contributed by atoms with Crippen LogP contribution in [0.5, 0.6) is 0 Å². The van der Waals surface area contributed by atoms with E-state index < -0.39 is 97.5 Å². The van der Waals surface area contributed by atoms with Crippen LogP contribution in [0.15, 0.2) is 0 Å². The van der Waals surface area contributed by atoms with Crippen LogP contribution >= 0.6 is 15.6 Å². The van der Waals surface area contributed by atoms with E-state index in [1.54, 1.807) is 0 Å². The third-order valence-corrected chi connectivity index (χ3v) is 20.1. The Morgan fingerprint density at radius 2 is 0.474 bits per heavy atom. The first-order chi connectivity index (χ1) is 46.9. The number of aliphatic hydroxyl groups is 1. The van der Waals surface area contributed by atoms with Gasteiger partial charge in [0.15, 0.2) is 12.2 Å². The molecule has 0 saturated carbocycles. The Labute approximate surface area is 594 Å². The molecule has 0 aromatic rings. The molecule has 0 bridgehead atoms. The van der Waals surface area contributed by atoms with Gasteiger partial charge in [0.2, 0.25) is 0 Å². The Hall–Kier alpha value is -1.94. The zero-order chi connectivity index (χ0) is 71.4. The molecule has 0 radical (unpaired) electrons. The molecular weight excluding hydrogens is 1270 g/mol. The van der Waals surface area contributed by atoms with Crippen LogP contribution in [0.3, 0.4) is 0 Å². The first-order valence-corrected chi connectivity index (χ1v) is 43.5. The molecule has 0 amide bonds. The van der Waals surface area contributed by atoms with E-state index in [4.69, 9.17) is 37.0 Å². The fourth-order valence-electron chi connectivity index (χ4n) is 12.0. The van der Waals surface area contributed by atoms with Crippen molar-refractivity contribution in [2.75, 3.05) is 39.6 Å². The minimum Gasteiger partial charge on any atom is -0.462 e. The zero-order valence-corrected chi connectivity index (χ0v) is 65.2. The number of phosphoric acid groups is 2. The second-order valence-electron chi connectivity index (χ2n) is 29.1. The summed E-state index contributed by atoms with van der Waals surface area (Å²) in [6.07, 6.45) is 58.4. The number of hydrogen-bond acceptors (Lipinski definition) is 15. The largest absolute Gasteiger partial charge is 0.472 e. The summed E-state index contributed by atoms with van der Waals surface area (Å²) in [5, 5.41) is 10.6. The number of rotatable bonds is 77. The maximum Gasteiger partial charge on any atom is 0.472 e. The van der Waals surface area contributed by atoms with Gasteiger partial charge in [0.25, 0.3) is 0 Å². The Morgan fingerprint density at radius 3 is 0.701 bits per heavy atom. The molecule has 0 spiro atoms. The summed E-state index contributed by atoms with van der Waals surface area (Å²) in [5.74, 6) is -0.635. The van der Waals surface area contributed by atoms with Gasteiger partial charge in [-0.15, -0.1) is 0 Å². The molecule has 0 aromatic carbocycles. The van der Waals surface area contributed by atoms with Crippen LogP contribution < -0.4 is 0 Å². The summed E-state index contributed by atoms with van der Waals surface area (Å²) in [4.78, 5) is 72.8.